The molecule has 0 radical (unpaired) electrons. The van der Waals surface area contributed by atoms with Gasteiger partial charge in [-0.1, -0.05) is 35.9 Å². The van der Waals surface area contributed by atoms with Crippen LogP contribution >= 0.6 is 0 Å². The number of aryl methyl sites for hydroxylation is 1. The molecule has 5 rings (SSSR count). The van der Waals surface area contributed by atoms with Crippen LogP contribution in [0.5, 0.6) is 0 Å². The minimum Gasteiger partial charge on any atom is -0.346 e. The van der Waals surface area contributed by atoms with Crippen molar-refractivity contribution in [2.24, 2.45) is 0 Å². The third-order valence-corrected chi connectivity index (χ3v) is 5.01. The van der Waals surface area contributed by atoms with Gasteiger partial charge in [0.1, 0.15) is 5.65 Å². The molecule has 1 amide bonds. The summed E-state index contributed by atoms with van der Waals surface area (Å²) in [6, 6.07) is 18.0. The van der Waals surface area contributed by atoms with Gasteiger partial charge < -0.3 is 9.72 Å². The fourth-order valence-corrected chi connectivity index (χ4v) is 3.56. The fraction of sp³-hybridized carbons (Fsp3) is 0.0870. The second kappa shape index (κ2) is 6.91. The number of hydrogen-bond donors (Lipinski definition) is 2. The van der Waals surface area contributed by atoms with Crippen LogP contribution in [0.15, 0.2) is 73.2 Å². The molecule has 0 fully saturated rings. The van der Waals surface area contributed by atoms with E-state index in [-0.39, 0.29) is 5.91 Å². The van der Waals surface area contributed by atoms with E-state index in [1.54, 1.807) is 12.3 Å². The van der Waals surface area contributed by atoms with E-state index in [1.165, 1.54) is 11.1 Å². The molecule has 0 spiro atoms. The van der Waals surface area contributed by atoms with Gasteiger partial charge in [0.15, 0.2) is 0 Å². The Morgan fingerprint density at radius 2 is 1.97 bits per heavy atom. The molecular weight excluding hydrogens is 362 g/mol. The van der Waals surface area contributed by atoms with E-state index in [0.717, 1.165) is 27.8 Å². The highest BCUT2D eigenvalue weighted by atomic mass is 16.1. The molecule has 2 N–H and O–H groups in total. The van der Waals surface area contributed by atoms with Gasteiger partial charge in [-0.2, -0.15) is 5.10 Å². The highest BCUT2D eigenvalue weighted by Crippen LogP contribution is 2.21. The Bertz CT molecular complexity index is 1350. The Hall–Kier alpha value is -3.93. The number of aromatic nitrogens is 4. The predicted molar refractivity (Wildman–Crippen MR) is 113 cm³/mol. The summed E-state index contributed by atoms with van der Waals surface area (Å²) in [4.78, 5) is 17.2. The summed E-state index contributed by atoms with van der Waals surface area (Å²) in [6.07, 6.45) is 5.68. The maximum absolute atomic E-state index is 12.6. The second-order valence-electron chi connectivity index (χ2n) is 7.10. The molecule has 0 aliphatic heterocycles. The smallest absolute Gasteiger partial charge is 0.252 e. The first-order valence-corrected chi connectivity index (χ1v) is 9.42. The summed E-state index contributed by atoms with van der Waals surface area (Å²) in [6.45, 7) is 2.44. The second-order valence-corrected chi connectivity index (χ2v) is 7.10. The van der Waals surface area contributed by atoms with Gasteiger partial charge in [0.05, 0.1) is 29.5 Å². The van der Waals surface area contributed by atoms with E-state index in [1.807, 2.05) is 28.8 Å². The average Bonchev–Trinajstić information content (AvgIpc) is 3.37. The SMILES string of the molecule is Cc1cccc(-c2ccc3nc(CNC(=O)c4cccc5[nH]ncc45)cn3c2)c1. The van der Waals surface area contributed by atoms with Crippen molar-refractivity contribution in [3.63, 3.8) is 0 Å². The molecule has 2 aromatic carbocycles. The van der Waals surface area contributed by atoms with Crippen molar-refractivity contribution in [3.05, 3.63) is 90.0 Å². The van der Waals surface area contributed by atoms with E-state index < -0.39 is 0 Å². The summed E-state index contributed by atoms with van der Waals surface area (Å²) in [5.74, 6) is -0.144. The van der Waals surface area contributed by atoms with Gasteiger partial charge in [0.2, 0.25) is 0 Å². The van der Waals surface area contributed by atoms with Crippen molar-refractivity contribution in [1.29, 1.82) is 0 Å². The van der Waals surface area contributed by atoms with Gasteiger partial charge in [-0.05, 0) is 42.3 Å². The summed E-state index contributed by atoms with van der Waals surface area (Å²) in [5.41, 5.74) is 6.62. The zero-order valence-electron chi connectivity index (χ0n) is 15.9. The average molecular weight is 381 g/mol. The Kier molecular flexibility index (Phi) is 4.09. The van der Waals surface area contributed by atoms with Crippen molar-refractivity contribution < 1.29 is 4.79 Å². The largest absolute Gasteiger partial charge is 0.346 e. The number of carbonyl (C=O) groups is 1. The molecule has 0 saturated carbocycles. The van der Waals surface area contributed by atoms with E-state index in [9.17, 15) is 4.79 Å². The monoisotopic (exact) mass is 381 g/mol. The van der Waals surface area contributed by atoms with Crippen LogP contribution in [0.2, 0.25) is 0 Å². The van der Waals surface area contributed by atoms with Crippen LogP contribution in [0.4, 0.5) is 0 Å². The topological polar surface area (TPSA) is 75.1 Å². The molecule has 0 atom stereocenters. The van der Waals surface area contributed by atoms with Gasteiger partial charge in [0, 0.05) is 17.8 Å². The Balaban J connectivity index is 1.37. The molecule has 29 heavy (non-hydrogen) atoms. The Labute approximate surface area is 167 Å². The summed E-state index contributed by atoms with van der Waals surface area (Å²) >= 11 is 0. The third-order valence-electron chi connectivity index (χ3n) is 5.01. The van der Waals surface area contributed by atoms with Crippen LogP contribution in [0.1, 0.15) is 21.6 Å². The van der Waals surface area contributed by atoms with Crippen LogP contribution in [-0.2, 0) is 6.54 Å². The lowest BCUT2D eigenvalue weighted by Crippen LogP contribution is -2.23. The molecule has 0 aliphatic rings. The van der Waals surface area contributed by atoms with Crippen LogP contribution in [-0.4, -0.2) is 25.5 Å². The number of pyridine rings is 1. The van der Waals surface area contributed by atoms with Crippen LogP contribution in [0.25, 0.3) is 27.7 Å². The van der Waals surface area contributed by atoms with E-state index in [4.69, 9.17) is 0 Å². The summed E-state index contributed by atoms with van der Waals surface area (Å²) in [7, 11) is 0. The fourth-order valence-electron chi connectivity index (χ4n) is 3.56. The van der Waals surface area contributed by atoms with E-state index >= 15 is 0 Å². The zero-order chi connectivity index (χ0) is 19.8. The quantitative estimate of drug-likeness (QED) is 0.492. The molecule has 0 aliphatic carbocycles. The molecular formula is C23H19N5O. The van der Waals surface area contributed by atoms with Gasteiger partial charge in [-0.3, -0.25) is 9.89 Å². The Morgan fingerprint density at radius 3 is 2.86 bits per heavy atom. The van der Waals surface area contributed by atoms with Crippen molar-refractivity contribution in [1.82, 2.24) is 24.9 Å². The van der Waals surface area contributed by atoms with Crippen molar-refractivity contribution >= 4 is 22.5 Å². The van der Waals surface area contributed by atoms with Crippen LogP contribution < -0.4 is 5.32 Å². The van der Waals surface area contributed by atoms with Gasteiger partial charge in [-0.15, -0.1) is 0 Å². The molecule has 142 valence electrons. The van der Waals surface area contributed by atoms with Crippen LogP contribution in [0, 0.1) is 6.92 Å². The minimum atomic E-state index is -0.144. The maximum atomic E-state index is 12.6. The minimum absolute atomic E-state index is 0.144. The number of nitrogens with one attached hydrogen (secondary N) is 2. The molecule has 3 heterocycles. The lowest BCUT2D eigenvalue weighted by atomic mass is 10.1. The third kappa shape index (κ3) is 3.25. The van der Waals surface area contributed by atoms with Crippen molar-refractivity contribution in [3.8, 4) is 11.1 Å². The maximum Gasteiger partial charge on any atom is 0.252 e. The van der Waals surface area contributed by atoms with Gasteiger partial charge in [-0.25, -0.2) is 4.98 Å². The normalized spacial score (nSPS) is 11.2. The van der Waals surface area contributed by atoms with E-state index in [2.05, 4.69) is 64.0 Å². The number of imidazole rings is 1. The number of aromatic amines is 1. The molecule has 0 bridgehead atoms. The Morgan fingerprint density at radius 1 is 1.07 bits per heavy atom. The number of benzene rings is 2. The van der Waals surface area contributed by atoms with Crippen molar-refractivity contribution in [2.45, 2.75) is 13.5 Å². The molecule has 5 aromatic rings. The standard InChI is InChI=1S/C23H19N5O/c1-15-4-2-5-16(10-15)17-8-9-22-26-18(14-28(22)13-17)11-24-23(29)19-6-3-7-21-20(19)12-25-27-21/h2-10,12-14H,11H2,1H3,(H,24,29)(H,25,27). The molecule has 0 saturated heterocycles. The number of nitrogens with zero attached hydrogens (tertiary/aromatic N) is 3. The van der Waals surface area contributed by atoms with Crippen molar-refractivity contribution in [2.75, 3.05) is 0 Å². The summed E-state index contributed by atoms with van der Waals surface area (Å²) in [5, 5.41) is 10.7. The predicted octanol–water partition coefficient (Wildman–Crippen LogP) is 4.12. The highest BCUT2D eigenvalue weighted by molar-refractivity contribution is 6.05. The number of hydrogen-bond acceptors (Lipinski definition) is 3. The first kappa shape index (κ1) is 17.2. The highest BCUT2D eigenvalue weighted by Gasteiger charge is 2.12. The first-order chi connectivity index (χ1) is 14.2. The van der Waals surface area contributed by atoms with Gasteiger partial charge in [0.25, 0.3) is 5.91 Å². The number of fused-ring (bicyclic) bond motifs is 2. The van der Waals surface area contributed by atoms with Crippen LogP contribution in [0.3, 0.4) is 0 Å². The number of H-pyrrole nitrogens is 1. The number of amides is 1. The molecule has 6 heteroatoms. The summed E-state index contributed by atoms with van der Waals surface area (Å²) < 4.78 is 2.00. The van der Waals surface area contributed by atoms with Gasteiger partial charge >= 0.3 is 0 Å². The number of rotatable bonds is 4. The van der Waals surface area contributed by atoms with E-state index in [0.29, 0.717) is 12.1 Å². The first-order valence-electron chi connectivity index (χ1n) is 9.42. The zero-order valence-corrected chi connectivity index (χ0v) is 15.9. The molecule has 3 aromatic heterocycles. The molecule has 0 unspecified atom stereocenters. The molecule has 6 nitrogen and oxygen atoms in total. The lowest BCUT2D eigenvalue weighted by molar-refractivity contribution is 0.0952. The number of carbonyl (C=O) groups excluding carboxylic acids is 1. The lowest BCUT2D eigenvalue weighted by Gasteiger charge is -2.04.